The number of hydrogen-bond acceptors (Lipinski definition) is 25. The third-order valence-electron chi connectivity index (χ3n) is 22.9. The van der Waals surface area contributed by atoms with Crippen LogP contribution in [0.1, 0.15) is 201 Å². The average Bonchev–Trinajstić information content (AvgIpc) is 1.59. The van der Waals surface area contributed by atoms with Crippen LogP contribution in [0.5, 0.6) is 11.8 Å². The Balaban J connectivity index is 0.000000157. The summed E-state index contributed by atoms with van der Waals surface area (Å²) in [6.07, 6.45) is 8.56. The van der Waals surface area contributed by atoms with E-state index in [1.807, 2.05) is 75.2 Å². The second kappa shape index (κ2) is 36.6. The van der Waals surface area contributed by atoms with Crippen molar-refractivity contribution < 1.29 is 76.9 Å². The minimum absolute atomic E-state index is 0.00180. The monoisotopic (exact) mass is 1680 g/mol. The van der Waals surface area contributed by atoms with E-state index in [2.05, 4.69) is 82.7 Å². The number of benzene rings is 4. The second-order valence-corrected chi connectivity index (χ2v) is 31.1. The van der Waals surface area contributed by atoms with Crippen molar-refractivity contribution in [1.82, 2.24) is 85.5 Å². The van der Waals surface area contributed by atoms with E-state index in [1.54, 1.807) is 36.3 Å². The Kier molecular flexibility index (Phi) is 24.8. The van der Waals surface area contributed by atoms with Crippen LogP contribution in [0.15, 0.2) is 81.8 Å². The van der Waals surface area contributed by atoms with Crippen molar-refractivity contribution in [3.05, 3.63) is 163 Å². The van der Waals surface area contributed by atoms with Gasteiger partial charge in [-0.15, -0.1) is 0 Å². The van der Waals surface area contributed by atoms with Gasteiger partial charge in [0.05, 0.1) is 79.4 Å². The van der Waals surface area contributed by atoms with Crippen molar-refractivity contribution in [1.29, 1.82) is 0 Å². The van der Waals surface area contributed by atoms with E-state index in [-0.39, 0.29) is 73.1 Å². The molecule has 6 aliphatic rings. The summed E-state index contributed by atoms with van der Waals surface area (Å²) >= 11 is 0. The quantitative estimate of drug-likeness (QED) is 0.0130. The van der Waals surface area contributed by atoms with E-state index in [0.717, 1.165) is 154 Å². The highest BCUT2D eigenvalue weighted by atomic mass is 19.1. The van der Waals surface area contributed by atoms with Crippen LogP contribution in [0.3, 0.4) is 0 Å². The van der Waals surface area contributed by atoms with Crippen molar-refractivity contribution in [3.8, 4) is 34.0 Å². The second-order valence-electron chi connectivity index (χ2n) is 31.1. The topological polar surface area (TPSA) is 442 Å². The van der Waals surface area contributed by atoms with Crippen LogP contribution in [0.2, 0.25) is 0 Å². The van der Waals surface area contributed by atoms with Crippen molar-refractivity contribution >= 4 is 109 Å². The van der Waals surface area contributed by atoms with Crippen LogP contribution in [0.25, 0.3) is 66.1 Å². The highest BCUT2D eigenvalue weighted by Gasteiger charge is 2.46. The zero-order valence-electron chi connectivity index (χ0n) is 70.5. The van der Waals surface area contributed by atoms with Crippen LogP contribution in [-0.4, -0.2) is 189 Å². The number of carbonyl (C=O) groups excluding carboxylic acids is 9. The number of carbonyl (C=O) groups is 9. The standard InChI is InChI=1S/C43H44N10O7.C26H26N6O4.C18H23N3O4.CH3F/c1-5-52-32(20-29(50-52)24-11-12-24)46-38-36-28-18-21(2)27(34-22(3)51-60-23(34)4)19-30(28)45-37(36)48-39(49-38)41(56)44-15-17-59-16-7-9-25-8-6-10-26-35(25)43(58)53(42(26)57)31-13-14-33(54)47-40(31)55;1-5-32-16(8-19(30-32)15-6-7-15)9-21-24-17-11-22(34-4)18(23-13(2)31-36-14(23)3)10-20(17)27-25(24)29-26(28-21)35-12-33;19-8-10-25-9-2-4-12-3-1-5-13-14(12)11-21(18(13)24)15-6-7-16(22)20-17(15)23;1-2/h6,8,10,18-20,24,31H,5,7,9,11-17H2,1-4H3,(H,44,56)(H,47,54,55)(H2,45,46,48,49);8,10-12,15H,5-7,9H2,1-4H3,(H,27,28,29);1,3,5,15H,2,4,6-11,19H2,(H,20,22,23);1H3/i;;;1D. The maximum absolute atomic E-state index is 13.6. The molecule has 640 valence electrons. The number of aromatic amines is 2. The fourth-order valence-electron chi connectivity index (χ4n) is 16.7. The van der Waals surface area contributed by atoms with Crippen molar-refractivity contribution in [3.63, 3.8) is 0 Å². The Morgan fingerprint density at radius 3 is 1.89 bits per heavy atom. The number of anilines is 2. The first kappa shape index (κ1) is 83.4. The number of ether oxygens (including phenoxy) is 4. The number of piperidine rings is 2. The minimum atomic E-state index is -1.03. The van der Waals surface area contributed by atoms with E-state index in [4.69, 9.17) is 55.3 Å². The van der Waals surface area contributed by atoms with E-state index in [0.29, 0.717) is 123 Å². The van der Waals surface area contributed by atoms with E-state index < -0.39 is 48.8 Å². The van der Waals surface area contributed by atoms with Gasteiger partial charge >= 0.3 is 12.5 Å². The molecule has 0 bridgehead atoms. The fourth-order valence-corrected chi connectivity index (χ4v) is 16.7. The van der Waals surface area contributed by atoms with E-state index >= 15 is 0 Å². The summed E-state index contributed by atoms with van der Waals surface area (Å²) in [5.74, 6) is 0.957. The van der Waals surface area contributed by atoms with E-state index in [1.165, 1.54) is 12.8 Å². The summed E-state index contributed by atoms with van der Waals surface area (Å²) in [6.45, 7) is 18.3. The first-order valence-corrected chi connectivity index (χ1v) is 41.2. The molecule has 123 heavy (non-hydrogen) atoms. The Labute approximate surface area is 706 Å². The van der Waals surface area contributed by atoms with Gasteiger partial charge in [0.25, 0.3) is 23.6 Å². The summed E-state index contributed by atoms with van der Waals surface area (Å²) in [4.78, 5) is 140. The number of aromatic nitrogens is 12. The fraction of sp³-hybridized carbons (Fsp3) is 0.398. The summed E-state index contributed by atoms with van der Waals surface area (Å²) in [5, 5.41) is 32.2. The molecule has 8 aromatic heterocycles. The number of nitrogens with zero attached hydrogens (tertiary/aromatic N) is 12. The predicted molar refractivity (Wildman–Crippen MR) is 449 cm³/mol. The molecule has 12 aromatic rings. The number of imide groups is 3. The van der Waals surface area contributed by atoms with Crippen LogP contribution >= 0.6 is 0 Å². The number of nitrogens with one attached hydrogen (secondary N) is 6. The molecular formula is C88H96FN19O15. The zero-order chi connectivity index (χ0) is 87.3. The van der Waals surface area contributed by atoms with Crippen molar-refractivity contribution in [2.24, 2.45) is 5.73 Å². The van der Waals surface area contributed by atoms with Gasteiger partial charge in [-0.25, -0.2) is 14.6 Å². The number of rotatable bonds is 29. The summed E-state index contributed by atoms with van der Waals surface area (Å²) in [6, 6.07) is 21.5. The van der Waals surface area contributed by atoms with Gasteiger partial charge in [-0.3, -0.25) is 67.8 Å². The highest BCUT2D eigenvalue weighted by molar-refractivity contribution is 6.24. The molecule has 8 amide bonds. The molecule has 0 spiro atoms. The Bertz CT molecular complexity index is 6130. The van der Waals surface area contributed by atoms with Crippen molar-refractivity contribution in [2.45, 2.75) is 175 Å². The maximum Gasteiger partial charge on any atom is 0.326 e. The lowest BCUT2D eigenvalue weighted by molar-refractivity contribution is -0.138. The Morgan fingerprint density at radius 2 is 1.26 bits per heavy atom. The number of alkyl halides is 1. The molecule has 2 aliphatic carbocycles. The Hall–Kier alpha value is -13.3. The molecule has 2 saturated heterocycles. The third kappa shape index (κ3) is 17.4. The summed E-state index contributed by atoms with van der Waals surface area (Å²) in [7, 11) is 0.643. The number of nitrogens with two attached hydrogens (primary N) is 1. The number of hydrogen-bond donors (Lipinski definition) is 7. The number of aryl methyl sites for hydroxylation is 9. The molecule has 18 rings (SSSR count). The van der Waals surface area contributed by atoms with Crippen LogP contribution in [-0.2, 0) is 72.3 Å². The van der Waals surface area contributed by atoms with Gasteiger partial charge in [0.2, 0.25) is 29.5 Å². The van der Waals surface area contributed by atoms with Gasteiger partial charge in [0.15, 0.2) is 0 Å². The minimum Gasteiger partial charge on any atom is -0.496 e. The SMILES string of the molecule is CCn1nc(C2CC2)cc1Cc1nc(OC=O)nc2[nH]c3cc(-c4c(C)noc4C)c(OC)cc3c12.CCn1nc(C2CC2)cc1Nc1nc(C(=O)NCCOCCCc2cccc3c2C(=O)N(C2CCC(=O)NC2=O)C3=O)nc2[nH]c3cc(-c4c(C)noc4C)c(C)cc3c12.NCCOCCCc1cccc2c1CN(C1CCC(=O)NC1=O)C2=O.[2H]CF. The first-order chi connectivity index (χ1) is 60.0. The molecule has 8 N–H and O–H groups in total. The summed E-state index contributed by atoms with van der Waals surface area (Å²) < 4.78 is 52.4. The molecule has 4 aliphatic heterocycles. The number of methoxy groups -OCH3 is 1. The number of halogens is 1. The molecule has 2 saturated carbocycles. The predicted octanol–water partition coefficient (Wildman–Crippen LogP) is 10.9. The van der Waals surface area contributed by atoms with Gasteiger partial charge < -0.3 is 59.2 Å². The maximum atomic E-state index is 13.6. The first-order valence-electron chi connectivity index (χ1n) is 41.9. The lowest BCUT2D eigenvalue weighted by Gasteiger charge is -2.29. The average molecular weight is 1680 g/mol. The molecule has 0 radical (unpaired) electrons. The van der Waals surface area contributed by atoms with Gasteiger partial charge in [0.1, 0.15) is 52.3 Å². The third-order valence-corrected chi connectivity index (χ3v) is 22.9. The molecule has 4 aromatic carbocycles. The van der Waals surface area contributed by atoms with Gasteiger partial charge in [-0.1, -0.05) is 34.6 Å². The highest BCUT2D eigenvalue weighted by Crippen LogP contribution is 2.45. The lowest BCUT2D eigenvalue weighted by Crippen LogP contribution is -2.54. The smallest absolute Gasteiger partial charge is 0.326 e. The molecule has 35 heteroatoms. The summed E-state index contributed by atoms with van der Waals surface area (Å²) in [5.41, 5.74) is 22.3. The Morgan fingerprint density at radius 1 is 0.659 bits per heavy atom. The van der Waals surface area contributed by atoms with Crippen LogP contribution < -0.4 is 36.5 Å². The van der Waals surface area contributed by atoms with Gasteiger partial charge in [-0.05, 0) is 183 Å². The number of H-pyrrole nitrogens is 2. The molecule has 2 atom stereocenters. The molecule has 34 nitrogen and oxygen atoms in total. The van der Waals surface area contributed by atoms with E-state index in [9.17, 15) is 47.5 Å². The largest absolute Gasteiger partial charge is 0.496 e. The molecule has 12 heterocycles. The molecular weight excluding hydrogens is 1580 g/mol. The van der Waals surface area contributed by atoms with Crippen LogP contribution in [0.4, 0.5) is 16.0 Å². The normalized spacial score (nSPS) is 16.3. The van der Waals surface area contributed by atoms with Gasteiger partial charge in [-0.2, -0.15) is 20.2 Å². The van der Waals surface area contributed by atoms with Crippen LogP contribution in [0, 0.1) is 34.6 Å². The van der Waals surface area contributed by atoms with Crippen molar-refractivity contribution in [2.75, 3.05) is 59.1 Å². The number of amides is 8. The lowest BCUT2D eigenvalue weighted by atomic mass is 9.97. The molecule has 4 fully saturated rings. The molecule has 2 unspecified atom stereocenters. The number of fused-ring (bicyclic) bond motifs is 8. The zero-order valence-corrected chi connectivity index (χ0v) is 69.5. The van der Waals surface area contributed by atoms with Gasteiger partial charge in [0, 0.05) is 133 Å².